The third kappa shape index (κ3) is 2.95. The minimum Gasteiger partial charge on any atom is -0.496 e. The number of ether oxygens (including phenoxy) is 1. The summed E-state index contributed by atoms with van der Waals surface area (Å²) in [7, 11) is 1.65. The van der Waals surface area contributed by atoms with Crippen molar-refractivity contribution in [3.8, 4) is 17.1 Å². The molecule has 112 valence electrons. The Balaban J connectivity index is 1.98. The summed E-state index contributed by atoms with van der Waals surface area (Å²) in [4.78, 5) is 4.13. The number of nitrogens with one attached hydrogen (secondary N) is 1. The number of nitrogens with zero attached hydrogens (tertiary/aromatic N) is 3. The number of hydrogen-bond donors (Lipinski definition) is 1. The number of benzene rings is 1. The predicted octanol–water partition coefficient (Wildman–Crippen LogP) is 3.82. The summed E-state index contributed by atoms with van der Waals surface area (Å²) in [5.74, 6) is 1.57. The van der Waals surface area contributed by atoms with Crippen molar-refractivity contribution in [3.63, 3.8) is 0 Å². The zero-order chi connectivity index (χ0) is 15.5. The van der Waals surface area contributed by atoms with Gasteiger partial charge in [0.15, 0.2) is 10.6 Å². The van der Waals surface area contributed by atoms with Gasteiger partial charge in [-0.1, -0.05) is 6.07 Å². The van der Waals surface area contributed by atoms with Gasteiger partial charge in [-0.15, -0.1) is 0 Å². The Morgan fingerprint density at radius 2 is 2.23 bits per heavy atom. The van der Waals surface area contributed by atoms with Crippen LogP contribution in [0.3, 0.4) is 0 Å². The number of halogens is 1. The molecule has 7 heteroatoms. The Bertz CT molecular complexity index is 844. The van der Waals surface area contributed by atoms with Crippen LogP contribution in [-0.2, 0) is 6.54 Å². The maximum Gasteiger partial charge on any atom is 0.195 e. The second-order valence-corrected chi connectivity index (χ2v) is 5.89. The van der Waals surface area contributed by atoms with E-state index in [2.05, 4.69) is 31.1 Å². The van der Waals surface area contributed by atoms with Crippen LogP contribution in [-0.4, -0.2) is 26.9 Å². The zero-order valence-electron chi connectivity index (χ0n) is 11.8. The summed E-state index contributed by atoms with van der Waals surface area (Å²) in [6.45, 7) is 0.613. The summed E-state index contributed by atoms with van der Waals surface area (Å²) in [6, 6.07) is 9.78. The number of rotatable bonds is 4. The van der Waals surface area contributed by atoms with E-state index in [1.807, 2.05) is 34.9 Å². The fraction of sp³-hybridized carbons (Fsp3) is 0.133. The van der Waals surface area contributed by atoms with Crippen LogP contribution in [0, 0.1) is 4.77 Å². The van der Waals surface area contributed by atoms with Gasteiger partial charge in [0, 0.05) is 18.0 Å². The van der Waals surface area contributed by atoms with Gasteiger partial charge < -0.3 is 4.74 Å². The molecule has 1 N–H and O–H groups in total. The molecule has 0 atom stereocenters. The Labute approximate surface area is 141 Å². The van der Waals surface area contributed by atoms with Gasteiger partial charge in [0.05, 0.1) is 18.1 Å². The maximum atomic E-state index is 5.34. The fourth-order valence-corrected chi connectivity index (χ4v) is 2.96. The predicted molar refractivity (Wildman–Crippen MR) is 90.4 cm³/mol. The van der Waals surface area contributed by atoms with E-state index < -0.39 is 0 Å². The van der Waals surface area contributed by atoms with E-state index in [1.54, 1.807) is 19.5 Å². The molecule has 0 bridgehead atoms. The van der Waals surface area contributed by atoms with E-state index in [4.69, 9.17) is 17.0 Å². The number of pyridine rings is 1. The van der Waals surface area contributed by atoms with Crippen LogP contribution in [0.15, 0.2) is 47.2 Å². The third-order valence-electron chi connectivity index (χ3n) is 3.23. The lowest BCUT2D eigenvalue weighted by Crippen LogP contribution is -2.03. The summed E-state index contributed by atoms with van der Waals surface area (Å²) >= 11 is 8.84. The third-order valence-corrected chi connectivity index (χ3v) is 4.17. The van der Waals surface area contributed by atoms with Crippen LogP contribution in [0.4, 0.5) is 0 Å². The molecule has 1 aromatic carbocycles. The monoisotopic (exact) mass is 376 g/mol. The van der Waals surface area contributed by atoms with Gasteiger partial charge in [0.2, 0.25) is 0 Å². The number of H-pyrrole nitrogens is 1. The van der Waals surface area contributed by atoms with Gasteiger partial charge in [0.1, 0.15) is 5.75 Å². The van der Waals surface area contributed by atoms with Crippen molar-refractivity contribution in [2.75, 3.05) is 7.11 Å². The van der Waals surface area contributed by atoms with Crippen molar-refractivity contribution >= 4 is 28.1 Å². The average molecular weight is 377 g/mol. The molecule has 0 spiro atoms. The van der Waals surface area contributed by atoms with Crippen molar-refractivity contribution in [1.29, 1.82) is 0 Å². The summed E-state index contributed by atoms with van der Waals surface area (Å²) in [5, 5.41) is 7.15. The SMILES string of the molecule is COc1ccc(Cn2c(-c3cccnc3)n[nH]c2=S)cc1Br. The molecule has 22 heavy (non-hydrogen) atoms. The van der Waals surface area contributed by atoms with Crippen LogP contribution >= 0.6 is 28.1 Å². The minimum absolute atomic E-state index is 0.575. The second-order valence-electron chi connectivity index (χ2n) is 4.65. The molecule has 0 saturated heterocycles. The molecule has 0 aliphatic heterocycles. The number of aromatic nitrogens is 4. The zero-order valence-corrected chi connectivity index (χ0v) is 14.2. The van der Waals surface area contributed by atoms with Gasteiger partial charge in [-0.25, -0.2) is 0 Å². The molecule has 2 aromatic heterocycles. The highest BCUT2D eigenvalue weighted by Gasteiger charge is 2.10. The van der Waals surface area contributed by atoms with E-state index >= 15 is 0 Å². The van der Waals surface area contributed by atoms with Gasteiger partial charge in [-0.05, 0) is 58.0 Å². The van der Waals surface area contributed by atoms with Crippen LogP contribution < -0.4 is 4.74 Å². The Morgan fingerprint density at radius 1 is 1.36 bits per heavy atom. The minimum atomic E-state index is 0.575. The van der Waals surface area contributed by atoms with Crippen LogP contribution in [0.5, 0.6) is 5.75 Å². The van der Waals surface area contributed by atoms with E-state index in [-0.39, 0.29) is 0 Å². The van der Waals surface area contributed by atoms with Gasteiger partial charge in [-0.2, -0.15) is 5.10 Å². The highest BCUT2D eigenvalue weighted by atomic mass is 79.9. The number of hydrogen-bond acceptors (Lipinski definition) is 4. The molecular formula is C15H13BrN4OS. The van der Waals surface area contributed by atoms with E-state index in [9.17, 15) is 0 Å². The lowest BCUT2D eigenvalue weighted by atomic mass is 10.2. The topological polar surface area (TPSA) is 55.7 Å². The highest BCUT2D eigenvalue weighted by molar-refractivity contribution is 9.10. The molecule has 3 rings (SSSR count). The summed E-state index contributed by atoms with van der Waals surface area (Å²) in [6.07, 6.45) is 3.50. The van der Waals surface area contributed by atoms with Crippen LogP contribution in [0.2, 0.25) is 0 Å². The van der Waals surface area contributed by atoms with E-state index in [0.29, 0.717) is 11.3 Å². The first-order chi connectivity index (χ1) is 10.7. The first-order valence-corrected chi connectivity index (χ1v) is 7.77. The Morgan fingerprint density at radius 3 is 2.91 bits per heavy atom. The van der Waals surface area contributed by atoms with E-state index in [0.717, 1.165) is 27.2 Å². The highest BCUT2D eigenvalue weighted by Crippen LogP contribution is 2.26. The van der Waals surface area contributed by atoms with Crippen molar-refractivity contribution in [2.24, 2.45) is 0 Å². The maximum absolute atomic E-state index is 5.34. The molecule has 5 nitrogen and oxygen atoms in total. The van der Waals surface area contributed by atoms with Gasteiger partial charge in [0.25, 0.3) is 0 Å². The Hall–Kier alpha value is -1.99. The molecule has 2 heterocycles. The van der Waals surface area contributed by atoms with Gasteiger partial charge in [-0.3, -0.25) is 14.6 Å². The first kappa shape index (κ1) is 14.9. The van der Waals surface area contributed by atoms with Crippen LogP contribution in [0.25, 0.3) is 11.4 Å². The standard InChI is InChI=1S/C15H13BrN4OS/c1-21-13-5-4-10(7-12(13)16)9-20-14(18-19-15(20)22)11-3-2-6-17-8-11/h2-8H,9H2,1H3,(H,19,22). The van der Waals surface area contributed by atoms with Crippen LogP contribution in [0.1, 0.15) is 5.56 Å². The summed E-state index contributed by atoms with van der Waals surface area (Å²) in [5.41, 5.74) is 2.01. The van der Waals surface area contributed by atoms with E-state index in [1.165, 1.54) is 0 Å². The Kier molecular flexibility index (Phi) is 4.35. The average Bonchev–Trinajstić information content (AvgIpc) is 2.89. The first-order valence-electron chi connectivity index (χ1n) is 6.57. The van der Waals surface area contributed by atoms with Crippen molar-refractivity contribution in [1.82, 2.24) is 19.7 Å². The molecule has 0 radical (unpaired) electrons. The quantitative estimate of drug-likeness (QED) is 0.703. The molecule has 3 aromatic rings. The molecule has 0 fully saturated rings. The lowest BCUT2D eigenvalue weighted by Gasteiger charge is -2.09. The largest absolute Gasteiger partial charge is 0.496 e. The number of aromatic amines is 1. The van der Waals surface area contributed by atoms with Crippen molar-refractivity contribution in [2.45, 2.75) is 6.54 Å². The number of methoxy groups -OCH3 is 1. The summed E-state index contributed by atoms with van der Waals surface area (Å²) < 4.78 is 8.68. The molecule has 0 aliphatic carbocycles. The van der Waals surface area contributed by atoms with Crippen molar-refractivity contribution < 1.29 is 4.74 Å². The molecule has 0 aliphatic rings. The lowest BCUT2D eigenvalue weighted by molar-refractivity contribution is 0.412. The van der Waals surface area contributed by atoms with Gasteiger partial charge >= 0.3 is 0 Å². The molecule has 0 saturated carbocycles. The molecular weight excluding hydrogens is 364 g/mol. The van der Waals surface area contributed by atoms with Crippen molar-refractivity contribution in [3.05, 3.63) is 57.5 Å². The normalized spacial score (nSPS) is 10.6. The molecule has 0 unspecified atom stereocenters. The smallest absolute Gasteiger partial charge is 0.195 e. The fourth-order valence-electron chi connectivity index (χ4n) is 2.17. The second kappa shape index (κ2) is 6.41. The molecule has 0 amide bonds.